The Bertz CT molecular complexity index is 1560. The van der Waals surface area contributed by atoms with E-state index in [1.54, 1.807) is 26.9 Å². The fourth-order valence-corrected chi connectivity index (χ4v) is 6.69. The molecule has 2 fully saturated rings. The summed E-state index contributed by atoms with van der Waals surface area (Å²) in [5.74, 6) is -1.45. The molecule has 12 nitrogen and oxygen atoms in total. The lowest BCUT2D eigenvalue weighted by atomic mass is 9.91. The number of carbonyl (C=O) groups excluding carboxylic acids is 3. The number of likely N-dealkylation sites (N-methyl/N-ethyl adjacent to an activating group) is 1. The van der Waals surface area contributed by atoms with Gasteiger partial charge in [0.15, 0.2) is 0 Å². The average molecular weight is 695 g/mol. The van der Waals surface area contributed by atoms with Crippen LogP contribution in [0.25, 0.3) is 6.08 Å². The molecule has 50 heavy (non-hydrogen) atoms. The molecule has 1 N–H and O–H groups in total. The number of anilines is 1. The van der Waals surface area contributed by atoms with Gasteiger partial charge in [-0.05, 0) is 68.1 Å². The van der Waals surface area contributed by atoms with E-state index in [2.05, 4.69) is 9.88 Å². The van der Waals surface area contributed by atoms with Crippen LogP contribution in [0.1, 0.15) is 56.1 Å². The molecule has 3 aliphatic heterocycles. The predicted molar refractivity (Wildman–Crippen MR) is 188 cm³/mol. The Labute approximate surface area is 294 Å². The fourth-order valence-electron chi connectivity index (χ4n) is 6.69. The van der Waals surface area contributed by atoms with Gasteiger partial charge in [0.05, 0.1) is 18.9 Å². The van der Waals surface area contributed by atoms with E-state index in [0.29, 0.717) is 74.6 Å². The predicted octanol–water partition coefficient (Wildman–Crippen LogP) is 3.96. The van der Waals surface area contributed by atoms with Crippen molar-refractivity contribution in [1.82, 2.24) is 24.3 Å². The van der Waals surface area contributed by atoms with Crippen molar-refractivity contribution in [1.29, 1.82) is 0 Å². The number of hydrogen-bond acceptors (Lipinski definition) is 9. The van der Waals surface area contributed by atoms with E-state index in [9.17, 15) is 19.5 Å². The number of aryl methyl sites for hydroxylation is 1. The number of rotatable bonds is 5. The molecule has 2 aromatic rings. The number of imidazole rings is 1. The number of hydrogen-bond donors (Lipinski definition) is 1. The highest BCUT2D eigenvalue weighted by atomic mass is 19.1. The molecule has 5 rings (SSSR count). The Morgan fingerprint density at radius 2 is 1.68 bits per heavy atom. The van der Waals surface area contributed by atoms with E-state index < -0.39 is 30.1 Å². The van der Waals surface area contributed by atoms with Gasteiger partial charge >= 0.3 is 12.1 Å². The molecular weight excluding hydrogens is 643 g/mol. The molecule has 0 saturated carbocycles. The summed E-state index contributed by atoms with van der Waals surface area (Å²) < 4.78 is 28.7. The van der Waals surface area contributed by atoms with Crippen LogP contribution >= 0.6 is 0 Å². The number of benzene rings is 1. The van der Waals surface area contributed by atoms with Crippen LogP contribution in [0.5, 0.6) is 0 Å². The molecule has 3 aliphatic rings. The summed E-state index contributed by atoms with van der Waals surface area (Å²) in [7, 11) is 3.84. The van der Waals surface area contributed by atoms with Crippen LogP contribution in [0.3, 0.4) is 0 Å². The number of carbonyl (C=O) groups is 3. The lowest BCUT2D eigenvalue weighted by molar-refractivity contribution is -0.151. The first-order valence-corrected chi connectivity index (χ1v) is 17.6. The van der Waals surface area contributed by atoms with Crippen molar-refractivity contribution in [3.05, 3.63) is 65.5 Å². The van der Waals surface area contributed by atoms with Gasteiger partial charge in [-0.1, -0.05) is 26.0 Å². The molecule has 4 heterocycles. The zero-order valence-corrected chi connectivity index (χ0v) is 29.8. The number of cyclic esters (lactones) is 1. The van der Waals surface area contributed by atoms with Crippen molar-refractivity contribution >= 4 is 29.7 Å². The Morgan fingerprint density at radius 3 is 2.36 bits per heavy atom. The first-order valence-electron chi connectivity index (χ1n) is 17.6. The number of amides is 2. The maximum Gasteiger partial charge on any atom is 0.410 e. The molecule has 2 amide bonds. The number of aliphatic hydroxyl groups is 1. The van der Waals surface area contributed by atoms with Crippen LogP contribution in [-0.2, 0) is 21.3 Å². The van der Waals surface area contributed by atoms with Crippen molar-refractivity contribution < 1.29 is 33.4 Å². The number of ether oxygens (including phenoxy) is 2. The molecule has 5 atom stereocenters. The summed E-state index contributed by atoms with van der Waals surface area (Å²) in [6, 6.07) is 4.81. The Morgan fingerprint density at radius 1 is 0.980 bits per heavy atom. The summed E-state index contributed by atoms with van der Waals surface area (Å²) in [5.41, 5.74) is 2.40. The second-order valence-corrected chi connectivity index (χ2v) is 14.0. The minimum Gasteiger partial charge on any atom is -0.457 e. The van der Waals surface area contributed by atoms with Crippen LogP contribution in [0.2, 0.25) is 0 Å². The highest BCUT2D eigenvalue weighted by molar-refractivity contribution is 5.92. The third kappa shape index (κ3) is 9.72. The smallest absolute Gasteiger partial charge is 0.410 e. The normalized spacial score (nSPS) is 26.9. The third-order valence-corrected chi connectivity index (χ3v) is 9.86. The number of esters is 1. The molecule has 272 valence electrons. The number of aromatic nitrogens is 2. The van der Waals surface area contributed by atoms with E-state index in [1.165, 1.54) is 12.1 Å². The second-order valence-electron chi connectivity index (χ2n) is 14.0. The third-order valence-electron chi connectivity index (χ3n) is 9.86. The van der Waals surface area contributed by atoms with Crippen molar-refractivity contribution in [2.75, 3.05) is 64.3 Å². The summed E-state index contributed by atoms with van der Waals surface area (Å²) in [6.07, 6.45) is 7.17. The van der Waals surface area contributed by atoms with Gasteiger partial charge in [0.1, 0.15) is 23.7 Å². The molecule has 0 aliphatic carbocycles. The standard InChI is InChI=1S/C37H51FN6O6/c1-25-6-8-31(45)22-34(46)50-35(26(2)7-9-33(25)49-37(48)44-12-10-40(4)11-13-44)27(3)18-28-19-29(38)21-30(20-28)42-14-16-43(17-15-42)36(47)32-23-41(5)24-39-32/h7,9,18-21,23-26,31,33,35,45H,6,8,10-17,22H2,1-5H3/b9-7-,27-18+/t25-,26-,31+,33-,35-/m0/s1. The van der Waals surface area contributed by atoms with Crippen molar-refractivity contribution in [3.63, 3.8) is 0 Å². The summed E-state index contributed by atoms with van der Waals surface area (Å²) in [5, 5.41) is 10.7. The number of nitrogens with zero attached hydrogens (tertiary/aromatic N) is 6. The van der Waals surface area contributed by atoms with E-state index in [0.717, 1.165) is 13.1 Å². The Kier molecular flexibility index (Phi) is 12.3. The van der Waals surface area contributed by atoms with Gasteiger partial charge in [0.25, 0.3) is 5.91 Å². The molecule has 0 bridgehead atoms. The van der Waals surface area contributed by atoms with Crippen LogP contribution in [0.15, 0.2) is 48.4 Å². The minimum atomic E-state index is -0.895. The molecule has 2 saturated heterocycles. The van der Waals surface area contributed by atoms with Gasteiger partial charge in [-0.15, -0.1) is 0 Å². The van der Waals surface area contributed by atoms with Crippen molar-refractivity contribution in [3.8, 4) is 0 Å². The lowest BCUT2D eigenvalue weighted by Crippen LogP contribution is -2.49. The largest absolute Gasteiger partial charge is 0.457 e. The molecule has 1 aromatic heterocycles. The molecule has 0 radical (unpaired) electrons. The van der Waals surface area contributed by atoms with Crippen LogP contribution in [-0.4, -0.2) is 125 Å². The minimum absolute atomic E-state index is 0.0873. The van der Waals surface area contributed by atoms with Gasteiger partial charge in [0, 0.05) is 77.2 Å². The second kappa shape index (κ2) is 16.7. The summed E-state index contributed by atoms with van der Waals surface area (Å²) in [4.78, 5) is 50.8. The molecule has 0 unspecified atom stereocenters. The molecular formula is C37H51FN6O6. The lowest BCUT2D eigenvalue weighted by Gasteiger charge is -2.36. The van der Waals surface area contributed by atoms with E-state index in [1.807, 2.05) is 64.1 Å². The first-order chi connectivity index (χ1) is 23.9. The highest BCUT2D eigenvalue weighted by Crippen LogP contribution is 2.28. The van der Waals surface area contributed by atoms with Gasteiger partial charge in [-0.2, -0.15) is 0 Å². The summed E-state index contributed by atoms with van der Waals surface area (Å²) >= 11 is 0. The Balaban J connectivity index is 1.31. The topological polar surface area (TPSA) is 121 Å². The van der Waals surface area contributed by atoms with E-state index in [-0.39, 0.29) is 30.3 Å². The number of piperazine rings is 2. The van der Waals surface area contributed by atoms with E-state index in [4.69, 9.17) is 9.47 Å². The zero-order chi connectivity index (χ0) is 35.9. The van der Waals surface area contributed by atoms with Crippen LogP contribution in [0, 0.1) is 17.7 Å². The van der Waals surface area contributed by atoms with Crippen LogP contribution in [0.4, 0.5) is 14.9 Å². The molecule has 13 heteroatoms. The van der Waals surface area contributed by atoms with Crippen molar-refractivity contribution in [2.24, 2.45) is 18.9 Å². The Hall–Kier alpha value is -4.23. The van der Waals surface area contributed by atoms with E-state index >= 15 is 4.39 Å². The molecule has 0 spiro atoms. The highest BCUT2D eigenvalue weighted by Gasteiger charge is 2.30. The zero-order valence-electron chi connectivity index (χ0n) is 29.8. The quantitative estimate of drug-likeness (QED) is 0.367. The first kappa shape index (κ1) is 37.0. The SMILES string of the molecule is C/C(=C\c1cc(F)cc(N2CCN(C(=O)c3cn(C)cn3)CC2)c1)[C@H]1OC(=O)C[C@H](O)CC[C@H](C)[C@@H](OC(=O)N2CCN(C)CC2)/C=C\[C@@H]1C. The van der Waals surface area contributed by atoms with Gasteiger partial charge in [0.2, 0.25) is 0 Å². The van der Waals surface area contributed by atoms with Gasteiger partial charge in [-0.3, -0.25) is 9.59 Å². The number of aliphatic hydroxyl groups excluding tert-OH is 1. The van der Waals surface area contributed by atoms with Crippen LogP contribution < -0.4 is 4.90 Å². The monoisotopic (exact) mass is 694 g/mol. The number of halogens is 1. The maximum atomic E-state index is 15.0. The van der Waals surface area contributed by atoms with Gasteiger partial charge in [-0.25, -0.2) is 14.2 Å². The molecule has 1 aromatic carbocycles. The fraction of sp³-hybridized carbons (Fsp3) is 0.568. The van der Waals surface area contributed by atoms with Crippen molar-refractivity contribution in [2.45, 2.75) is 58.3 Å². The summed E-state index contributed by atoms with van der Waals surface area (Å²) in [6.45, 7) is 10.5. The maximum absolute atomic E-state index is 15.0. The van der Waals surface area contributed by atoms with Gasteiger partial charge < -0.3 is 38.7 Å². The average Bonchev–Trinajstić information content (AvgIpc) is 3.53.